The zero-order valence-corrected chi connectivity index (χ0v) is 24.2. The number of hydrogen-bond acceptors (Lipinski definition) is 10. The molecule has 5 atom stereocenters. The van der Waals surface area contributed by atoms with Gasteiger partial charge in [0.2, 0.25) is 0 Å². The first-order valence-electron chi connectivity index (χ1n) is 10.6. The van der Waals surface area contributed by atoms with Crippen LogP contribution in [0.2, 0.25) is 0 Å². The number of nitrogens with zero attached hydrogens (tertiary/aromatic N) is 2. The quantitative estimate of drug-likeness (QED) is 0.138. The number of fused-ring (bicyclic) bond motifs is 3. The topological polar surface area (TPSA) is 161 Å². The molecule has 3 aliphatic rings. The van der Waals surface area contributed by atoms with E-state index in [-0.39, 0.29) is 19.6 Å². The number of ketones is 1. The molecule has 37 heavy (non-hydrogen) atoms. The molecule has 16 heteroatoms. The van der Waals surface area contributed by atoms with Crippen LogP contribution < -0.4 is 0 Å². The van der Waals surface area contributed by atoms with Gasteiger partial charge in [0.15, 0.2) is 12.3 Å². The van der Waals surface area contributed by atoms with Gasteiger partial charge in [-0.3, -0.25) is 14.4 Å². The van der Waals surface area contributed by atoms with Crippen molar-refractivity contribution in [2.24, 2.45) is 23.7 Å². The molecule has 2 aromatic carbocycles. The Kier molecular flexibility index (Phi) is 6.79. The molecular weight excluding hydrogens is 758 g/mol. The summed E-state index contributed by atoms with van der Waals surface area (Å²) in [5.41, 5.74) is 0. The molecule has 2 saturated heterocycles. The van der Waals surface area contributed by atoms with Gasteiger partial charge < -0.3 is 0 Å². The monoisotopic (exact) mass is 773 g/mol. The lowest BCUT2D eigenvalue weighted by Gasteiger charge is -2.17. The zero-order chi connectivity index (χ0) is 26.9. The molecule has 2 heterocycles. The Hall–Kier alpha value is -1.87. The number of hydroxylamine groups is 2. The van der Waals surface area contributed by atoms with Crippen LogP contribution in [0.3, 0.4) is 0 Å². The van der Waals surface area contributed by atoms with Crippen molar-refractivity contribution >= 4 is 83.0 Å². The maximum Gasteiger partial charge on any atom is 0.329 e. The number of nitroso groups, excluding NO2 is 1. The largest absolute Gasteiger partial charge is 0.329 e. The highest BCUT2D eigenvalue weighted by Crippen LogP contribution is 2.50. The fourth-order valence-electron chi connectivity index (χ4n) is 4.82. The Labute approximate surface area is 237 Å². The zero-order valence-electron chi connectivity index (χ0n) is 18.3. The molecule has 2 aromatic rings. The molecule has 0 N–H and O–H groups in total. The Morgan fingerprint density at radius 1 is 0.784 bits per heavy atom. The summed E-state index contributed by atoms with van der Waals surface area (Å²) in [6, 6.07) is 11.0. The van der Waals surface area contributed by atoms with Gasteiger partial charge in [0.1, 0.15) is 11.8 Å². The maximum atomic E-state index is 13.2. The lowest BCUT2D eigenvalue weighted by atomic mass is 9.90. The van der Waals surface area contributed by atoms with E-state index in [0.29, 0.717) is 0 Å². The van der Waals surface area contributed by atoms with Crippen LogP contribution in [0.1, 0.15) is 0 Å². The molecule has 1 aliphatic carbocycles. The molecule has 1 saturated carbocycles. The average molecular weight is 773 g/mol. The van der Waals surface area contributed by atoms with Crippen LogP contribution in [-0.2, 0) is 43.1 Å². The number of Topliss-reactive ketones (excluding diaryl/α,β-unsaturated/α-hetero) is 1. The van der Waals surface area contributed by atoms with Crippen LogP contribution in [0.15, 0.2) is 58.3 Å². The van der Waals surface area contributed by atoms with E-state index in [2.05, 4.69) is 0 Å². The van der Waals surface area contributed by atoms with Crippen molar-refractivity contribution in [3.63, 3.8) is 0 Å². The van der Waals surface area contributed by atoms with E-state index < -0.39 is 74.3 Å². The molecule has 5 unspecified atom stereocenters. The van der Waals surface area contributed by atoms with Gasteiger partial charge in [-0.2, -0.15) is 21.0 Å². The van der Waals surface area contributed by atoms with Crippen molar-refractivity contribution in [1.29, 1.82) is 0 Å². The number of halogens is 2. The molecule has 0 radical (unpaired) electrons. The molecule has 12 nitrogen and oxygen atoms in total. The number of benzene rings is 2. The summed E-state index contributed by atoms with van der Waals surface area (Å²) in [6.07, 6.45) is -1.78. The molecule has 5 rings (SSSR count). The maximum absolute atomic E-state index is 13.2. The second-order valence-corrected chi connectivity index (χ2v) is 14.1. The number of imide groups is 1. The van der Waals surface area contributed by atoms with Crippen molar-refractivity contribution in [3.05, 3.63) is 60.6 Å². The Morgan fingerprint density at radius 2 is 1.30 bits per heavy atom. The summed E-state index contributed by atoms with van der Waals surface area (Å²) < 4.78 is 62.5. The Balaban J connectivity index is 1.39. The number of carbonyl (C=O) groups excluding carboxylic acids is 3. The first-order chi connectivity index (χ1) is 17.3. The lowest BCUT2D eigenvalue weighted by molar-refractivity contribution is -0.603. The van der Waals surface area contributed by atoms with Crippen LogP contribution in [0, 0.1) is 35.7 Å². The van der Waals surface area contributed by atoms with E-state index in [9.17, 15) is 36.1 Å². The van der Waals surface area contributed by atoms with Gasteiger partial charge in [-0.15, -0.1) is 9.35 Å². The van der Waals surface area contributed by atoms with Gasteiger partial charge >= 0.3 is 26.5 Å². The van der Waals surface area contributed by atoms with Crippen molar-refractivity contribution in [2.75, 3.05) is 6.54 Å². The van der Waals surface area contributed by atoms with Crippen LogP contribution in [0.25, 0.3) is 0 Å². The van der Waals surface area contributed by atoms with Crippen LogP contribution in [0.5, 0.6) is 0 Å². The third-order valence-electron chi connectivity index (χ3n) is 6.45. The minimum absolute atomic E-state index is 0.0441. The number of rotatable bonds is 6. The van der Waals surface area contributed by atoms with E-state index >= 15 is 0 Å². The minimum atomic E-state index is -4.58. The normalized spacial score (nSPS) is 27.6. The Bertz CT molecular complexity index is 1560. The SMILES string of the molecule is O=C1C2C(=O)N(OS(=O)(=O)c3ccc(I)cc3)C(=O)C2C2C[N+](=O)C(OS(=O)(=O)c3ccc(I)cc3)C12. The van der Waals surface area contributed by atoms with E-state index in [1.54, 1.807) is 0 Å². The smallest absolute Gasteiger partial charge is 0.298 e. The van der Waals surface area contributed by atoms with Crippen molar-refractivity contribution in [1.82, 2.24) is 5.06 Å². The third kappa shape index (κ3) is 4.54. The summed E-state index contributed by atoms with van der Waals surface area (Å²) in [5, 5.41) is 0.0441. The highest BCUT2D eigenvalue weighted by molar-refractivity contribution is 14.1. The second kappa shape index (κ2) is 9.40. The predicted molar refractivity (Wildman–Crippen MR) is 138 cm³/mol. The van der Waals surface area contributed by atoms with Crippen molar-refractivity contribution in [3.8, 4) is 0 Å². The standard InChI is InChI=1S/C21H15I2N2O10S2/c22-10-1-5-12(6-2-10)36(30,31)34-21-16-14(9-24(21)29)15-17(18(16)26)20(28)25(19(15)27)35-37(32,33)13-7-3-11(23)4-8-13/h1-8,14-17,21H,9H2/q+1. The number of amides is 2. The van der Waals surface area contributed by atoms with E-state index in [0.717, 1.165) is 7.14 Å². The average Bonchev–Trinajstić information content (AvgIpc) is 3.38. The van der Waals surface area contributed by atoms with Crippen LogP contribution >= 0.6 is 45.2 Å². The highest BCUT2D eigenvalue weighted by atomic mass is 127. The van der Waals surface area contributed by atoms with Gasteiger partial charge in [0, 0.05) is 16.8 Å². The van der Waals surface area contributed by atoms with Gasteiger partial charge in [0.25, 0.3) is 11.8 Å². The first kappa shape index (κ1) is 26.7. The molecule has 2 amide bonds. The van der Waals surface area contributed by atoms with Crippen molar-refractivity contribution in [2.45, 2.75) is 16.0 Å². The first-order valence-corrected chi connectivity index (χ1v) is 15.5. The van der Waals surface area contributed by atoms with Gasteiger partial charge in [-0.1, -0.05) is 0 Å². The summed E-state index contributed by atoms with van der Waals surface area (Å²) in [6.45, 7) is -0.471. The highest BCUT2D eigenvalue weighted by Gasteiger charge is 2.73. The van der Waals surface area contributed by atoms with Gasteiger partial charge in [-0.05, 0) is 93.7 Å². The summed E-state index contributed by atoms with van der Waals surface area (Å²) >= 11 is 3.94. The third-order valence-corrected chi connectivity index (χ3v) is 10.4. The number of carbonyl (C=O) groups is 3. The van der Waals surface area contributed by atoms with Crippen molar-refractivity contribution < 1.29 is 44.4 Å². The van der Waals surface area contributed by atoms with Gasteiger partial charge in [0.05, 0.1) is 21.6 Å². The Morgan fingerprint density at radius 3 is 1.84 bits per heavy atom. The van der Waals surface area contributed by atoms with Crippen LogP contribution in [-0.4, -0.2) is 57.0 Å². The summed E-state index contributed by atoms with van der Waals surface area (Å²) in [4.78, 5) is 51.4. The van der Waals surface area contributed by atoms with Crippen LogP contribution in [0.4, 0.5) is 0 Å². The van der Waals surface area contributed by atoms with E-state index in [1.807, 2.05) is 45.2 Å². The molecule has 0 spiro atoms. The lowest BCUT2D eigenvalue weighted by Crippen LogP contribution is -2.39. The minimum Gasteiger partial charge on any atom is -0.298 e. The summed E-state index contributed by atoms with van der Waals surface area (Å²) in [5.74, 6) is -8.63. The fourth-order valence-corrected chi connectivity index (χ4v) is 7.49. The molecule has 0 bridgehead atoms. The molecular formula is C21H15I2N2O10S2+. The second-order valence-electron chi connectivity index (χ2n) is 8.54. The predicted octanol–water partition coefficient (Wildman–Crippen LogP) is 1.46. The molecule has 194 valence electrons. The molecule has 2 aliphatic heterocycles. The van der Waals surface area contributed by atoms with E-state index in [1.165, 1.54) is 48.5 Å². The number of hydrogen-bond donors (Lipinski definition) is 0. The van der Waals surface area contributed by atoms with Gasteiger partial charge in [-0.25, -0.2) is 0 Å². The molecule has 0 aromatic heterocycles. The fraction of sp³-hybridized carbons (Fsp3) is 0.286. The summed E-state index contributed by atoms with van der Waals surface area (Å²) in [7, 11) is -9.04. The molecule has 3 fully saturated rings. The van der Waals surface area contributed by atoms with E-state index in [4.69, 9.17) is 8.47 Å².